The summed E-state index contributed by atoms with van der Waals surface area (Å²) in [5.41, 5.74) is 0.553. The molecule has 1 fully saturated rings. The number of hydrogen-bond acceptors (Lipinski definition) is 4. The van der Waals surface area contributed by atoms with Crippen LogP contribution in [-0.4, -0.2) is 46.3 Å². The van der Waals surface area contributed by atoms with Crippen molar-refractivity contribution >= 4 is 39.6 Å². The summed E-state index contributed by atoms with van der Waals surface area (Å²) in [6.45, 7) is -0.363. The summed E-state index contributed by atoms with van der Waals surface area (Å²) in [4.78, 5) is 48.5. The van der Waals surface area contributed by atoms with Gasteiger partial charge in [0.2, 0.25) is 5.91 Å². The number of carbonyl (C=O) groups excluding carboxylic acids is 3. The van der Waals surface area contributed by atoms with Gasteiger partial charge in [0, 0.05) is 10.5 Å². The van der Waals surface area contributed by atoms with Gasteiger partial charge in [-0.05, 0) is 37.5 Å². The Labute approximate surface area is 146 Å². The van der Waals surface area contributed by atoms with Crippen LogP contribution in [0.3, 0.4) is 0 Å². The van der Waals surface area contributed by atoms with Crippen LogP contribution in [0.15, 0.2) is 22.7 Å². The van der Waals surface area contributed by atoms with Crippen LogP contribution in [0.2, 0.25) is 0 Å². The lowest BCUT2D eigenvalue weighted by Gasteiger charge is -2.16. The van der Waals surface area contributed by atoms with Gasteiger partial charge in [0.15, 0.2) is 0 Å². The average molecular weight is 395 g/mol. The van der Waals surface area contributed by atoms with Gasteiger partial charge in [0.25, 0.3) is 11.8 Å². The van der Waals surface area contributed by atoms with E-state index in [-0.39, 0.29) is 23.7 Å². The van der Waals surface area contributed by atoms with Gasteiger partial charge < -0.3 is 10.4 Å². The van der Waals surface area contributed by atoms with Crippen LogP contribution >= 0.6 is 15.9 Å². The second kappa shape index (κ2) is 6.35. The first kappa shape index (κ1) is 16.6. The van der Waals surface area contributed by atoms with Gasteiger partial charge in [-0.15, -0.1) is 0 Å². The number of carboxylic acid groups (broad SMARTS) is 1. The van der Waals surface area contributed by atoms with Crippen molar-refractivity contribution in [1.82, 2.24) is 10.2 Å². The molecule has 1 saturated carbocycles. The van der Waals surface area contributed by atoms with Crippen molar-refractivity contribution in [1.29, 1.82) is 0 Å². The number of fused-ring (bicyclic) bond motifs is 1. The Balaban J connectivity index is 1.63. The summed E-state index contributed by atoms with van der Waals surface area (Å²) < 4.78 is 0.680. The summed E-state index contributed by atoms with van der Waals surface area (Å²) in [5.74, 6) is -2.77. The monoisotopic (exact) mass is 394 g/mol. The molecule has 3 rings (SSSR count). The number of carboxylic acids is 1. The highest BCUT2D eigenvalue weighted by molar-refractivity contribution is 9.10. The summed E-state index contributed by atoms with van der Waals surface area (Å²) >= 11 is 3.25. The third kappa shape index (κ3) is 3.06. The molecule has 126 valence electrons. The second-order valence-electron chi connectivity index (χ2n) is 6.00. The molecule has 0 unspecified atom stereocenters. The van der Waals surface area contributed by atoms with Crippen molar-refractivity contribution in [2.75, 3.05) is 6.54 Å². The first-order chi connectivity index (χ1) is 11.4. The smallest absolute Gasteiger partial charge is 0.306 e. The fourth-order valence-corrected chi connectivity index (χ4v) is 3.52. The number of halogens is 1. The van der Waals surface area contributed by atoms with Crippen LogP contribution in [0, 0.1) is 5.92 Å². The highest BCUT2D eigenvalue weighted by Gasteiger charge is 2.37. The highest BCUT2D eigenvalue weighted by Crippen LogP contribution is 2.27. The molecule has 0 spiro atoms. The quantitative estimate of drug-likeness (QED) is 0.751. The number of benzene rings is 1. The Morgan fingerprint density at radius 3 is 2.58 bits per heavy atom. The minimum atomic E-state index is -0.863. The molecule has 0 saturated heterocycles. The maximum absolute atomic E-state index is 12.3. The van der Waals surface area contributed by atoms with Gasteiger partial charge in [-0.1, -0.05) is 15.9 Å². The fourth-order valence-electron chi connectivity index (χ4n) is 3.16. The standard InChI is InChI=1S/C16H15BrN2O5/c17-9-2-4-11-12(6-9)15(22)19(14(11)21)7-13(20)18-10-3-1-8(5-10)16(23)24/h2,4,6,8,10H,1,3,5,7H2,(H,18,20)(H,23,24)/t8-,10+/m1/s1. The lowest BCUT2D eigenvalue weighted by molar-refractivity contribution is -0.141. The van der Waals surface area contributed by atoms with E-state index in [9.17, 15) is 19.2 Å². The van der Waals surface area contributed by atoms with Gasteiger partial charge in [-0.2, -0.15) is 0 Å². The van der Waals surface area contributed by atoms with Crippen molar-refractivity contribution in [2.24, 2.45) is 5.92 Å². The molecule has 1 aromatic rings. The molecule has 1 aromatic carbocycles. The first-order valence-electron chi connectivity index (χ1n) is 7.54. The average Bonchev–Trinajstić information content (AvgIpc) is 3.07. The molecule has 1 aliphatic heterocycles. The first-order valence-corrected chi connectivity index (χ1v) is 8.34. The SMILES string of the molecule is O=C(CN1C(=O)c2ccc(Br)cc2C1=O)N[C@H]1CC[C@@H](C(=O)O)C1. The van der Waals surface area contributed by atoms with E-state index in [0.29, 0.717) is 23.7 Å². The Kier molecular flexibility index (Phi) is 4.40. The fraction of sp³-hybridized carbons (Fsp3) is 0.375. The lowest BCUT2D eigenvalue weighted by Crippen LogP contribution is -2.43. The van der Waals surface area contributed by atoms with E-state index in [4.69, 9.17) is 5.11 Å². The summed E-state index contributed by atoms with van der Waals surface area (Å²) in [6, 6.07) is 4.54. The van der Waals surface area contributed by atoms with Crippen molar-refractivity contribution < 1.29 is 24.3 Å². The van der Waals surface area contributed by atoms with E-state index in [2.05, 4.69) is 21.2 Å². The van der Waals surface area contributed by atoms with Gasteiger partial charge in [-0.25, -0.2) is 0 Å². The maximum Gasteiger partial charge on any atom is 0.306 e. The highest BCUT2D eigenvalue weighted by atomic mass is 79.9. The molecule has 2 atom stereocenters. The van der Waals surface area contributed by atoms with Crippen LogP contribution in [0.1, 0.15) is 40.0 Å². The zero-order valence-electron chi connectivity index (χ0n) is 12.6. The van der Waals surface area contributed by atoms with Crippen LogP contribution < -0.4 is 5.32 Å². The van der Waals surface area contributed by atoms with E-state index in [1.807, 2.05) is 0 Å². The molecule has 2 aliphatic rings. The van der Waals surface area contributed by atoms with Gasteiger partial charge in [0.05, 0.1) is 17.0 Å². The maximum atomic E-state index is 12.3. The van der Waals surface area contributed by atoms with E-state index in [0.717, 1.165) is 4.90 Å². The minimum Gasteiger partial charge on any atom is -0.481 e. The molecular formula is C16H15BrN2O5. The van der Waals surface area contributed by atoms with E-state index < -0.39 is 29.6 Å². The van der Waals surface area contributed by atoms with Crippen LogP contribution in [0.4, 0.5) is 0 Å². The molecule has 7 nitrogen and oxygen atoms in total. The summed E-state index contributed by atoms with van der Waals surface area (Å²) in [7, 11) is 0. The zero-order valence-corrected chi connectivity index (χ0v) is 14.2. The van der Waals surface area contributed by atoms with Gasteiger partial charge >= 0.3 is 5.97 Å². The van der Waals surface area contributed by atoms with E-state index in [1.165, 1.54) is 0 Å². The molecule has 1 aliphatic carbocycles. The van der Waals surface area contributed by atoms with Crippen molar-refractivity contribution in [3.8, 4) is 0 Å². The number of aliphatic carboxylic acids is 1. The predicted molar refractivity (Wildman–Crippen MR) is 86.4 cm³/mol. The third-order valence-electron chi connectivity index (χ3n) is 4.38. The van der Waals surface area contributed by atoms with Crippen molar-refractivity contribution in [2.45, 2.75) is 25.3 Å². The van der Waals surface area contributed by atoms with Crippen LogP contribution in [0.25, 0.3) is 0 Å². The number of amides is 3. The topological polar surface area (TPSA) is 104 Å². The Bertz CT molecular complexity index is 748. The molecule has 0 bridgehead atoms. The zero-order chi connectivity index (χ0) is 17.4. The summed E-state index contributed by atoms with van der Waals surface area (Å²) in [5, 5.41) is 11.7. The van der Waals surface area contributed by atoms with Gasteiger partial charge in [-0.3, -0.25) is 24.1 Å². The Hall–Kier alpha value is -2.22. The number of nitrogens with zero attached hydrogens (tertiary/aromatic N) is 1. The Morgan fingerprint density at radius 2 is 1.92 bits per heavy atom. The van der Waals surface area contributed by atoms with Crippen LogP contribution in [-0.2, 0) is 9.59 Å². The predicted octanol–water partition coefficient (Wildman–Crippen LogP) is 1.41. The normalized spacial score (nSPS) is 22.6. The molecule has 24 heavy (non-hydrogen) atoms. The number of nitrogens with one attached hydrogen (secondary N) is 1. The second-order valence-corrected chi connectivity index (χ2v) is 6.91. The third-order valence-corrected chi connectivity index (χ3v) is 4.87. The summed E-state index contributed by atoms with van der Waals surface area (Å²) in [6.07, 6.45) is 1.47. The largest absolute Gasteiger partial charge is 0.481 e. The molecule has 1 heterocycles. The van der Waals surface area contributed by atoms with E-state index in [1.54, 1.807) is 18.2 Å². The number of hydrogen-bond donors (Lipinski definition) is 2. The number of imide groups is 1. The minimum absolute atomic E-state index is 0.233. The van der Waals surface area contributed by atoms with Gasteiger partial charge in [0.1, 0.15) is 6.54 Å². The molecule has 2 N–H and O–H groups in total. The van der Waals surface area contributed by atoms with Crippen LogP contribution in [0.5, 0.6) is 0 Å². The lowest BCUT2D eigenvalue weighted by atomic mass is 10.1. The molecule has 3 amide bonds. The number of carbonyl (C=O) groups is 4. The molecule has 0 aromatic heterocycles. The molecular weight excluding hydrogens is 380 g/mol. The van der Waals surface area contributed by atoms with Crippen molar-refractivity contribution in [3.05, 3.63) is 33.8 Å². The van der Waals surface area contributed by atoms with E-state index >= 15 is 0 Å². The Morgan fingerprint density at radius 1 is 1.21 bits per heavy atom. The number of rotatable bonds is 4. The van der Waals surface area contributed by atoms with Crippen molar-refractivity contribution in [3.63, 3.8) is 0 Å². The molecule has 8 heteroatoms. The molecule has 0 radical (unpaired) electrons.